The second-order valence-corrected chi connectivity index (χ2v) is 6.24. The molecule has 0 aliphatic rings. The summed E-state index contributed by atoms with van der Waals surface area (Å²) in [6.45, 7) is 7.38. The van der Waals surface area contributed by atoms with Crippen LogP contribution in [0.4, 0.5) is 11.4 Å². The van der Waals surface area contributed by atoms with Gasteiger partial charge in [0.1, 0.15) is 0 Å². The molecule has 2 aromatic rings. The predicted octanol–water partition coefficient (Wildman–Crippen LogP) is 3.90. The molecule has 0 unspecified atom stereocenters. The van der Waals surface area contributed by atoms with Crippen molar-refractivity contribution >= 4 is 29.0 Å². The maximum atomic E-state index is 12.3. The van der Waals surface area contributed by atoms with Gasteiger partial charge in [-0.25, -0.2) is 0 Å². The van der Waals surface area contributed by atoms with Crippen molar-refractivity contribution in [1.82, 2.24) is 0 Å². The minimum atomic E-state index is -0.779. The lowest BCUT2D eigenvalue weighted by Crippen LogP contribution is -2.30. The molecule has 25 heavy (non-hydrogen) atoms. The first-order valence-corrected chi connectivity index (χ1v) is 8.12. The highest BCUT2D eigenvalue weighted by molar-refractivity contribution is 6.43. The van der Waals surface area contributed by atoms with Crippen LogP contribution >= 0.6 is 0 Å². The maximum Gasteiger partial charge on any atom is 0.314 e. The van der Waals surface area contributed by atoms with E-state index >= 15 is 0 Å². The van der Waals surface area contributed by atoms with E-state index in [2.05, 4.69) is 10.6 Å². The van der Waals surface area contributed by atoms with Gasteiger partial charge in [0.15, 0.2) is 5.78 Å². The first-order valence-electron chi connectivity index (χ1n) is 8.12. The first kappa shape index (κ1) is 18.4. The van der Waals surface area contributed by atoms with Crippen molar-refractivity contribution in [3.05, 3.63) is 59.2 Å². The number of Topliss-reactive ketones (excluding diaryl/α,β-unsaturated/α-hetero) is 1. The number of benzene rings is 2. The zero-order valence-electron chi connectivity index (χ0n) is 14.8. The predicted molar refractivity (Wildman–Crippen MR) is 99.0 cm³/mol. The molecule has 2 aromatic carbocycles. The summed E-state index contributed by atoms with van der Waals surface area (Å²) in [5.74, 6) is -1.42. The van der Waals surface area contributed by atoms with Crippen LogP contribution in [0.5, 0.6) is 0 Å². The molecule has 0 bridgehead atoms. The Bertz CT molecular complexity index is 825. The van der Waals surface area contributed by atoms with E-state index in [0.29, 0.717) is 16.9 Å². The summed E-state index contributed by atoms with van der Waals surface area (Å²) < 4.78 is 0. The minimum Gasteiger partial charge on any atom is -0.318 e. The van der Waals surface area contributed by atoms with Gasteiger partial charge in [0, 0.05) is 16.9 Å². The highest BCUT2D eigenvalue weighted by Gasteiger charge is 2.18. The molecule has 0 radical (unpaired) electrons. The molecule has 2 N–H and O–H groups in total. The number of para-hydroxylation sites is 1. The van der Waals surface area contributed by atoms with Gasteiger partial charge >= 0.3 is 11.8 Å². The van der Waals surface area contributed by atoms with Crippen LogP contribution in [0, 0.1) is 6.92 Å². The van der Waals surface area contributed by atoms with Gasteiger partial charge in [-0.1, -0.05) is 44.2 Å². The molecular formula is C20H22N2O3. The number of nitrogens with one attached hydrogen (secondary N) is 2. The summed E-state index contributed by atoms with van der Waals surface area (Å²) in [7, 11) is 0. The summed E-state index contributed by atoms with van der Waals surface area (Å²) >= 11 is 0. The Morgan fingerprint density at radius 1 is 0.920 bits per heavy atom. The van der Waals surface area contributed by atoms with E-state index in [0.717, 1.165) is 11.1 Å². The molecule has 0 atom stereocenters. The second-order valence-electron chi connectivity index (χ2n) is 6.24. The Morgan fingerprint density at radius 2 is 1.56 bits per heavy atom. The fourth-order valence-electron chi connectivity index (χ4n) is 2.52. The Balaban J connectivity index is 2.15. The third-order valence-corrected chi connectivity index (χ3v) is 3.90. The summed E-state index contributed by atoms with van der Waals surface area (Å²) in [5.41, 5.74) is 3.40. The largest absolute Gasteiger partial charge is 0.318 e. The van der Waals surface area contributed by atoms with E-state index < -0.39 is 11.8 Å². The van der Waals surface area contributed by atoms with E-state index in [-0.39, 0.29) is 11.7 Å². The van der Waals surface area contributed by atoms with Crippen LogP contribution in [0.2, 0.25) is 0 Å². The number of hydrogen-bond acceptors (Lipinski definition) is 3. The van der Waals surface area contributed by atoms with Crippen LogP contribution in [0.3, 0.4) is 0 Å². The van der Waals surface area contributed by atoms with E-state index in [9.17, 15) is 14.4 Å². The van der Waals surface area contributed by atoms with Gasteiger partial charge in [-0.15, -0.1) is 0 Å². The number of rotatable bonds is 4. The van der Waals surface area contributed by atoms with Crippen molar-refractivity contribution in [2.45, 2.75) is 33.6 Å². The lowest BCUT2D eigenvalue weighted by molar-refractivity contribution is -0.133. The standard InChI is InChI=1S/C20H22N2O3/c1-12(2)17-10-5-7-13(3)18(17)22-20(25)19(24)21-16-9-6-8-15(11-16)14(4)23/h5-12H,1-4H3,(H,21,24)(H,22,25). The van der Waals surface area contributed by atoms with E-state index in [4.69, 9.17) is 0 Å². The molecule has 5 heteroatoms. The van der Waals surface area contributed by atoms with Crippen LogP contribution in [-0.4, -0.2) is 17.6 Å². The molecule has 0 saturated carbocycles. The molecule has 130 valence electrons. The van der Waals surface area contributed by atoms with Crippen LogP contribution in [0.15, 0.2) is 42.5 Å². The number of ketones is 1. The smallest absolute Gasteiger partial charge is 0.314 e. The number of carbonyl (C=O) groups excluding carboxylic acids is 3. The first-order chi connectivity index (χ1) is 11.8. The molecular weight excluding hydrogens is 316 g/mol. The SMILES string of the molecule is CC(=O)c1cccc(NC(=O)C(=O)Nc2c(C)cccc2C(C)C)c1. The highest BCUT2D eigenvalue weighted by Crippen LogP contribution is 2.27. The number of carbonyl (C=O) groups is 3. The van der Waals surface area contributed by atoms with Crippen molar-refractivity contribution in [3.63, 3.8) is 0 Å². The number of anilines is 2. The zero-order chi connectivity index (χ0) is 18.6. The van der Waals surface area contributed by atoms with Crippen molar-refractivity contribution in [3.8, 4) is 0 Å². The lowest BCUT2D eigenvalue weighted by atomic mass is 9.98. The zero-order valence-corrected chi connectivity index (χ0v) is 14.8. The third kappa shape index (κ3) is 4.53. The molecule has 0 heterocycles. The van der Waals surface area contributed by atoms with Crippen LogP contribution in [0.25, 0.3) is 0 Å². The van der Waals surface area contributed by atoms with Crippen molar-refractivity contribution in [2.24, 2.45) is 0 Å². The fraction of sp³-hybridized carbons (Fsp3) is 0.250. The third-order valence-electron chi connectivity index (χ3n) is 3.90. The van der Waals surface area contributed by atoms with Gasteiger partial charge in [-0.05, 0) is 43.0 Å². The summed E-state index contributed by atoms with van der Waals surface area (Å²) in [5, 5.41) is 5.22. The Labute approximate surface area is 147 Å². The van der Waals surface area contributed by atoms with Gasteiger partial charge in [-0.3, -0.25) is 14.4 Å². The molecule has 0 aliphatic heterocycles. The van der Waals surface area contributed by atoms with Gasteiger partial charge in [0.2, 0.25) is 0 Å². The Kier molecular flexibility index (Phi) is 5.70. The summed E-state index contributed by atoms with van der Waals surface area (Å²) in [6, 6.07) is 12.2. The second kappa shape index (κ2) is 7.75. The van der Waals surface area contributed by atoms with E-state index in [1.807, 2.05) is 39.0 Å². The monoisotopic (exact) mass is 338 g/mol. The molecule has 5 nitrogen and oxygen atoms in total. The van der Waals surface area contributed by atoms with E-state index in [1.165, 1.54) is 6.92 Å². The number of aryl methyl sites for hydroxylation is 1. The molecule has 0 aromatic heterocycles. The number of amides is 2. The molecule has 0 spiro atoms. The Hall–Kier alpha value is -2.95. The van der Waals surface area contributed by atoms with Crippen molar-refractivity contribution < 1.29 is 14.4 Å². The van der Waals surface area contributed by atoms with Gasteiger partial charge in [0.05, 0.1) is 0 Å². The normalized spacial score (nSPS) is 10.4. The maximum absolute atomic E-state index is 12.3. The summed E-state index contributed by atoms with van der Waals surface area (Å²) in [6.07, 6.45) is 0. The van der Waals surface area contributed by atoms with Gasteiger partial charge < -0.3 is 10.6 Å². The molecule has 2 rings (SSSR count). The molecule has 0 aliphatic carbocycles. The lowest BCUT2D eigenvalue weighted by Gasteiger charge is -2.16. The number of hydrogen-bond donors (Lipinski definition) is 2. The van der Waals surface area contributed by atoms with Crippen molar-refractivity contribution in [1.29, 1.82) is 0 Å². The summed E-state index contributed by atoms with van der Waals surface area (Å²) in [4.78, 5) is 35.9. The molecule has 2 amide bonds. The quantitative estimate of drug-likeness (QED) is 0.656. The van der Waals surface area contributed by atoms with Gasteiger partial charge in [-0.2, -0.15) is 0 Å². The van der Waals surface area contributed by atoms with Crippen LogP contribution < -0.4 is 10.6 Å². The highest BCUT2D eigenvalue weighted by atomic mass is 16.2. The molecule has 0 saturated heterocycles. The van der Waals surface area contributed by atoms with Gasteiger partial charge in [0.25, 0.3) is 0 Å². The van der Waals surface area contributed by atoms with Crippen LogP contribution in [0.1, 0.15) is 48.2 Å². The minimum absolute atomic E-state index is 0.109. The topological polar surface area (TPSA) is 75.3 Å². The molecule has 0 fully saturated rings. The van der Waals surface area contributed by atoms with Crippen LogP contribution in [-0.2, 0) is 9.59 Å². The average molecular weight is 338 g/mol. The fourth-order valence-corrected chi connectivity index (χ4v) is 2.52. The Morgan fingerprint density at radius 3 is 2.20 bits per heavy atom. The van der Waals surface area contributed by atoms with Crippen molar-refractivity contribution in [2.75, 3.05) is 10.6 Å². The average Bonchev–Trinajstić information content (AvgIpc) is 2.56. The van der Waals surface area contributed by atoms with E-state index in [1.54, 1.807) is 24.3 Å².